The fraction of sp³-hybridized carbons (Fsp3) is 0.222. The summed E-state index contributed by atoms with van der Waals surface area (Å²) in [4.78, 5) is 38.7. The lowest BCUT2D eigenvalue weighted by atomic mass is 9.92. The number of rotatable bonds is 6. The minimum absolute atomic E-state index is 0.260. The fourth-order valence-corrected chi connectivity index (χ4v) is 4.40. The van der Waals surface area contributed by atoms with Gasteiger partial charge >= 0.3 is 6.03 Å². The van der Waals surface area contributed by atoms with Crippen LogP contribution in [0.4, 0.5) is 9.18 Å². The zero-order chi connectivity index (χ0) is 24.6. The van der Waals surface area contributed by atoms with E-state index in [0.29, 0.717) is 12.2 Å². The van der Waals surface area contributed by atoms with E-state index in [1.54, 1.807) is 0 Å². The van der Waals surface area contributed by atoms with Gasteiger partial charge in [0.25, 0.3) is 5.91 Å². The van der Waals surface area contributed by atoms with Crippen LogP contribution in [-0.2, 0) is 28.1 Å². The average Bonchev–Trinajstić information content (AvgIpc) is 3.41. The monoisotopic (exact) mass is 473 g/mol. The van der Waals surface area contributed by atoms with E-state index in [1.807, 2.05) is 36.4 Å². The van der Waals surface area contributed by atoms with Crippen molar-refractivity contribution in [1.29, 1.82) is 0 Å². The molecule has 35 heavy (non-hydrogen) atoms. The maximum Gasteiger partial charge on any atom is 0.325 e. The largest absolute Gasteiger partial charge is 0.493 e. The highest BCUT2D eigenvalue weighted by Gasteiger charge is 2.49. The fourth-order valence-electron chi connectivity index (χ4n) is 4.40. The maximum atomic E-state index is 13.3. The van der Waals surface area contributed by atoms with E-state index >= 15 is 0 Å². The van der Waals surface area contributed by atoms with Gasteiger partial charge in [-0.2, -0.15) is 0 Å². The molecule has 0 bridgehead atoms. The molecule has 1 unspecified atom stereocenters. The second kappa shape index (κ2) is 8.87. The number of amides is 4. The van der Waals surface area contributed by atoms with Gasteiger partial charge in [0.05, 0.1) is 6.61 Å². The summed E-state index contributed by atoms with van der Waals surface area (Å²) in [7, 11) is 0. The molecule has 2 aliphatic heterocycles. The first kappa shape index (κ1) is 22.6. The van der Waals surface area contributed by atoms with Gasteiger partial charge in [-0.3, -0.25) is 14.5 Å². The molecule has 3 aromatic carbocycles. The summed E-state index contributed by atoms with van der Waals surface area (Å²) in [6, 6.07) is 18.7. The molecule has 8 heteroatoms. The molecular weight excluding hydrogens is 449 g/mol. The van der Waals surface area contributed by atoms with Crippen molar-refractivity contribution >= 4 is 17.8 Å². The van der Waals surface area contributed by atoms with Crippen LogP contribution in [0.1, 0.15) is 23.6 Å². The van der Waals surface area contributed by atoms with Gasteiger partial charge in [0.1, 0.15) is 23.7 Å². The molecule has 0 spiro atoms. The predicted molar refractivity (Wildman–Crippen MR) is 127 cm³/mol. The van der Waals surface area contributed by atoms with Crippen LogP contribution < -0.4 is 15.4 Å². The Balaban J connectivity index is 1.19. The van der Waals surface area contributed by atoms with Crippen molar-refractivity contribution in [3.8, 4) is 16.9 Å². The molecule has 7 nitrogen and oxygen atoms in total. The number of imide groups is 1. The van der Waals surface area contributed by atoms with Crippen molar-refractivity contribution in [2.24, 2.45) is 0 Å². The molecule has 3 aromatic rings. The van der Waals surface area contributed by atoms with Gasteiger partial charge in [-0.15, -0.1) is 0 Å². The van der Waals surface area contributed by atoms with Crippen LogP contribution in [0.15, 0.2) is 66.7 Å². The number of hydrogen-bond acceptors (Lipinski definition) is 4. The molecule has 0 radical (unpaired) electrons. The van der Waals surface area contributed by atoms with Crippen LogP contribution in [0.2, 0.25) is 0 Å². The zero-order valence-corrected chi connectivity index (χ0v) is 19.1. The van der Waals surface area contributed by atoms with Crippen molar-refractivity contribution in [3.63, 3.8) is 0 Å². The van der Waals surface area contributed by atoms with Gasteiger partial charge in [-0.05, 0) is 59.0 Å². The van der Waals surface area contributed by atoms with Crippen LogP contribution in [0, 0.1) is 5.82 Å². The molecule has 4 amide bonds. The average molecular weight is 474 g/mol. The first-order valence-electron chi connectivity index (χ1n) is 11.4. The Morgan fingerprint density at radius 2 is 1.77 bits per heavy atom. The van der Waals surface area contributed by atoms with Gasteiger partial charge in [-0.1, -0.05) is 42.5 Å². The minimum atomic E-state index is -1.36. The molecule has 0 aliphatic carbocycles. The van der Waals surface area contributed by atoms with E-state index in [0.717, 1.165) is 33.8 Å². The molecule has 1 atom stereocenters. The van der Waals surface area contributed by atoms with Crippen LogP contribution in [0.5, 0.6) is 5.75 Å². The lowest BCUT2D eigenvalue weighted by Gasteiger charge is -2.22. The van der Waals surface area contributed by atoms with E-state index in [4.69, 9.17) is 4.74 Å². The highest BCUT2D eigenvalue weighted by Crippen LogP contribution is 2.31. The van der Waals surface area contributed by atoms with E-state index in [-0.39, 0.29) is 6.54 Å². The summed E-state index contributed by atoms with van der Waals surface area (Å²) in [6.45, 7) is 2.11. The van der Waals surface area contributed by atoms with E-state index < -0.39 is 35.7 Å². The van der Waals surface area contributed by atoms with Gasteiger partial charge in [0.15, 0.2) is 0 Å². The van der Waals surface area contributed by atoms with Crippen LogP contribution >= 0.6 is 0 Å². The number of nitrogens with zero attached hydrogens (tertiary/aromatic N) is 1. The summed E-state index contributed by atoms with van der Waals surface area (Å²) in [5.74, 6) is -0.524. The van der Waals surface area contributed by atoms with Crippen LogP contribution in [0.3, 0.4) is 0 Å². The first-order valence-corrected chi connectivity index (χ1v) is 11.4. The second-order valence-electron chi connectivity index (χ2n) is 8.85. The van der Waals surface area contributed by atoms with E-state index in [1.165, 1.54) is 36.8 Å². The Labute approximate surface area is 201 Å². The molecule has 0 aromatic heterocycles. The number of ether oxygens (including phenoxy) is 1. The number of fused-ring (bicyclic) bond motifs is 1. The summed E-state index contributed by atoms with van der Waals surface area (Å²) in [5, 5.41) is 5.37. The number of nitrogens with one attached hydrogen (secondary N) is 2. The number of benzene rings is 3. The third-order valence-corrected chi connectivity index (χ3v) is 6.46. The summed E-state index contributed by atoms with van der Waals surface area (Å²) in [6.07, 6.45) is 0.911. The Kier molecular flexibility index (Phi) is 5.72. The molecule has 0 saturated carbocycles. The van der Waals surface area contributed by atoms with Crippen molar-refractivity contribution in [3.05, 3.63) is 89.2 Å². The zero-order valence-electron chi connectivity index (χ0n) is 19.1. The van der Waals surface area contributed by atoms with Crippen LogP contribution in [-0.4, -0.2) is 35.9 Å². The quantitative estimate of drug-likeness (QED) is 0.537. The molecule has 1 saturated heterocycles. The van der Waals surface area contributed by atoms with Crippen molar-refractivity contribution in [1.82, 2.24) is 15.5 Å². The van der Waals surface area contributed by atoms with Gasteiger partial charge in [0, 0.05) is 13.0 Å². The lowest BCUT2D eigenvalue weighted by molar-refractivity contribution is -0.134. The van der Waals surface area contributed by atoms with Crippen molar-refractivity contribution in [2.45, 2.75) is 25.4 Å². The van der Waals surface area contributed by atoms with Gasteiger partial charge < -0.3 is 15.4 Å². The predicted octanol–water partition coefficient (Wildman–Crippen LogP) is 3.51. The van der Waals surface area contributed by atoms with Crippen molar-refractivity contribution < 1.29 is 23.5 Å². The summed E-state index contributed by atoms with van der Waals surface area (Å²) < 4.78 is 18.8. The molecular formula is C27H24FN3O4. The topological polar surface area (TPSA) is 87.7 Å². The molecule has 2 N–H and O–H groups in total. The Hall–Kier alpha value is -4.20. The van der Waals surface area contributed by atoms with Crippen molar-refractivity contribution in [2.75, 3.05) is 13.2 Å². The maximum absolute atomic E-state index is 13.3. The third-order valence-electron chi connectivity index (χ3n) is 6.46. The molecule has 5 rings (SSSR count). The minimum Gasteiger partial charge on any atom is -0.493 e. The highest BCUT2D eigenvalue weighted by molar-refractivity contribution is 6.09. The van der Waals surface area contributed by atoms with Crippen LogP contribution in [0.25, 0.3) is 11.1 Å². The summed E-state index contributed by atoms with van der Waals surface area (Å²) in [5.41, 5.74) is 3.35. The number of halogens is 1. The Morgan fingerprint density at radius 3 is 2.51 bits per heavy atom. The Morgan fingerprint density at radius 1 is 1.06 bits per heavy atom. The number of urea groups is 1. The summed E-state index contributed by atoms with van der Waals surface area (Å²) >= 11 is 0. The lowest BCUT2D eigenvalue weighted by Crippen LogP contribution is -2.43. The highest BCUT2D eigenvalue weighted by atomic mass is 19.1. The SMILES string of the molecule is CC1(c2ccc(F)cc2)NC(=O)N(CC(=O)NCc2ccc(-c3ccc4c(c3)CCO4)cc2)C1=O. The number of hydrogen-bond donors (Lipinski definition) is 2. The standard InChI is InChI=1S/C27H24FN3O4/c1-27(21-7-9-22(28)10-8-21)25(33)31(26(34)30-27)16-24(32)29-15-17-2-4-18(5-3-17)19-6-11-23-20(14-19)12-13-35-23/h2-11,14H,12-13,15-16H2,1H3,(H,29,32)(H,30,34). The number of carbonyl (C=O) groups excluding carboxylic acids is 3. The third kappa shape index (κ3) is 4.35. The second-order valence-corrected chi connectivity index (χ2v) is 8.85. The molecule has 178 valence electrons. The van der Waals surface area contributed by atoms with E-state index in [9.17, 15) is 18.8 Å². The van der Waals surface area contributed by atoms with E-state index in [2.05, 4.69) is 16.7 Å². The van der Waals surface area contributed by atoms with Gasteiger partial charge in [-0.25, -0.2) is 9.18 Å². The normalized spacial score (nSPS) is 18.7. The van der Waals surface area contributed by atoms with Gasteiger partial charge in [0.2, 0.25) is 5.91 Å². The molecule has 2 heterocycles. The molecule has 1 fully saturated rings. The molecule has 2 aliphatic rings. The smallest absolute Gasteiger partial charge is 0.325 e. The Bertz CT molecular complexity index is 1310. The first-order chi connectivity index (χ1) is 16.8. The number of carbonyl (C=O) groups is 3.